The quantitative estimate of drug-likeness (QED) is 0.396. The Kier molecular flexibility index (Phi) is 8.47. The molecule has 0 aromatic carbocycles. The molecule has 0 saturated carbocycles. The predicted molar refractivity (Wildman–Crippen MR) is 78.7 cm³/mol. The minimum Gasteiger partial charge on any atom is -0.416 e. The minimum atomic E-state index is -2.57. The van der Waals surface area contributed by atoms with Gasteiger partial charge in [0.2, 0.25) is 0 Å². The van der Waals surface area contributed by atoms with Gasteiger partial charge >= 0.3 is 8.80 Å². The largest absolute Gasteiger partial charge is 0.490 e. The summed E-state index contributed by atoms with van der Waals surface area (Å²) >= 11 is 0. The summed E-state index contributed by atoms with van der Waals surface area (Å²) in [6, 6.07) is 0.711. The summed E-state index contributed by atoms with van der Waals surface area (Å²) in [5, 5.41) is 3.14. The lowest BCUT2D eigenvalue weighted by Gasteiger charge is -2.33. The molecule has 18 heavy (non-hydrogen) atoms. The van der Waals surface area contributed by atoms with E-state index in [0.717, 1.165) is 6.42 Å². The fraction of sp³-hybridized carbons (Fsp3) is 1.00. The van der Waals surface area contributed by atoms with Crippen molar-refractivity contribution in [3.63, 3.8) is 0 Å². The topological polar surface area (TPSA) is 91.8 Å². The van der Waals surface area contributed by atoms with Crippen molar-refractivity contribution in [3.8, 4) is 0 Å². The number of nitrogens with one attached hydrogen (secondary N) is 1. The van der Waals surface area contributed by atoms with E-state index in [9.17, 15) is 0 Å². The van der Waals surface area contributed by atoms with Gasteiger partial charge in [0, 0.05) is 33.4 Å². The van der Waals surface area contributed by atoms with Crippen LogP contribution in [0.4, 0.5) is 0 Å². The Morgan fingerprint density at radius 3 is 2.11 bits per heavy atom. The Morgan fingerprint density at radius 2 is 1.72 bits per heavy atom. The third-order valence-electron chi connectivity index (χ3n) is 2.40. The van der Waals surface area contributed by atoms with Gasteiger partial charge in [-0.1, -0.05) is 0 Å². The summed E-state index contributed by atoms with van der Waals surface area (Å²) in [7, 11) is -0.977. The van der Waals surface area contributed by atoms with Gasteiger partial charge < -0.3 is 29.8 Å². The van der Waals surface area contributed by atoms with Crippen LogP contribution in [-0.2, 0) is 13.0 Å². The normalized spacial score (nSPS) is 14.8. The van der Waals surface area contributed by atoms with E-state index in [1.165, 1.54) is 0 Å². The highest BCUT2D eigenvalue weighted by atomic mass is 28.5. The van der Waals surface area contributed by atoms with Crippen molar-refractivity contribution in [2.24, 2.45) is 11.5 Å². The van der Waals surface area contributed by atoms with E-state index in [1.54, 1.807) is 14.2 Å². The van der Waals surface area contributed by atoms with Gasteiger partial charge in [0.05, 0.1) is 6.17 Å². The monoisotopic (exact) mass is 295 g/mol. The molecule has 8 heteroatoms. The van der Waals surface area contributed by atoms with Crippen LogP contribution in [0.2, 0.25) is 25.7 Å². The molecule has 0 aliphatic rings. The molecule has 0 fully saturated rings. The molecule has 5 N–H and O–H groups in total. The Morgan fingerprint density at radius 1 is 1.17 bits per heavy atom. The lowest BCUT2D eigenvalue weighted by molar-refractivity contribution is 0.156. The number of rotatable bonds is 10. The van der Waals surface area contributed by atoms with Crippen LogP contribution in [0.1, 0.15) is 6.42 Å². The van der Waals surface area contributed by atoms with E-state index in [1.807, 2.05) is 0 Å². The summed E-state index contributed by atoms with van der Waals surface area (Å²) in [6.45, 7) is 7.67. The summed E-state index contributed by atoms with van der Waals surface area (Å²) in [5.41, 5.74) is 11.4. The van der Waals surface area contributed by atoms with Crippen LogP contribution in [-0.4, -0.2) is 50.6 Å². The molecule has 0 heterocycles. The van der Waals surface area contributed by atoms with Crippen LogP contribution in [0.15, 0.2) is 0 Å². The number of hydrogen-bond acceptors (Lipinski definition) is 6. The van der Waals surface area contributed by atoms with Gasteiger partial charge in [0.25, 0.3) is 0 Å². The van der Waals surface area contributed by atoms with Crippen molar-refractivity contribution in [1.82, 2.24) is 5.32 Å². The van der Waals surface area contributed by atoms with E-state index in [4.69, 9.17) is 24.4 Å². The Bertz CT molecular complexity index is 223. The van der Waals surface area contributed by atoms with E-state index < -0.39 is 17.1 Å². The zero-order chi connectivity index (χ0) is 14.2. The Balaban J connectivity index is 4.34. The summed E-state index contributed by atoms with van der Waals surface area (Å²) in [5.74, 6) is 0. The first-order valence-corrected chi connectivity index (χ1v) is 11.6. The summed E-state index contributed by atoms with van der Waals surface area (Å²) < 4.78 is 17.2. The maximum absolute atomic E-state index is 6.10. The molecule has 0 amide bonds. The fourth-order valence-electron chi connectivity index (χ4n) is 1.59. The average Bonchev–Trinajstić information content (AvgIpc) is 2.30. The van der Waals surface area contributed by atoms with Crippen molar-refractivity contribution < 1.29 is 13.0 Å². The van der Waals surface area contributed by atoms with Gasteiger partial charge in [0.15, 0.2) is 8.32 Å². The molecule has 0 radical (unpaired) electrons. The highest BCUT2D eigenvalue weighted by Gasteiger charge is 2.42. The molecule has 0 aliphatic heterocycles. The van der Waals surface area contributed by atoms with E-state index in [2.05, 4.69) is 25.0 Å². The first-order chi connectivity index (χ1) is 8.28. The van der Waals surface area contributed by atoms with Gasteiger partial charge in [-0.25, -0.2) is 0 Å². The molecule has 0 aliphatic carbocycles. The van der Waals surface area contributed by atoms with Gasteiger partial charge in [-0.2, -0.15) is 0 Å². The van der Waals surface area contributed by atoms with Gasteiger partial charge in [0.1, 0.15) is 0 Å². The molecule has 0 bridgehead atoms. The van der Waals surface area contributed by atoms with E-state index >= 15 is 0 Å². The SMILES string of the molecule is CO[Si](CCC(N)NCCN)(OC)O[Si](C)(C)C. The summed E-state index contributed by atoms with van der Waals surface area (Å²) in [4.78, 5) is 0. The smallest absolute Gasteiger partial charge is 0.416 e. The first kappa shape index (κ1) is 18.2. The zero-order valence-electron chi connectivity index (χ0n) is 12.3. The molecule has 6 nitrogen and oxygen atoms in total. The Hall–Kier alpha value is 0.194. The molecule has 0 spiro atoms. The maximum atomic E-state index is 6.10. The molecule has 110 valence electrons. The number of nitrogens with two attached hydrogens (primary N) is 2. The molecule has 1 unspecified atom stereocenters. The molecule has 0 aromatic rings. The standard InChI is InChI=1S/C10H29N3O3Si2/c1-14-18(15-2,16-17(3,4)5)9-6-10(12)13-8-7-11/h10,13H,6-9,11-12H2,1-5H3. The van der Waals surface area contributed by atoms with Crippen LogP contribution in [0.5, 0.6) is 0 Å². The minimum absolute atomic E-state index is 0.101. The Labute approximate surface area is 113 Å². The first-order valence-electron chi connectivity index (χ1n) is 6.28. The van der Waals surface area contributed by atoms with Gasteiger partial charge in [-0.05, 0) is 26.1 Å². The number of hydrogen-bond donors (Lipinski definition) is 3. The van der Waals surface area contributed by atoms with Gasteiger partial charge in [-0.3, -0.25) is 0 Å². The van der Waals surface area contributed by atoms with Crippen molar-refractivity contribution in [3.05, 3.63) is 0 Å². The van der Waals surface area contributed by atoms with Gasteiger partial charge in [-0.15, -0.1) is 0 Å². The second-order valence-electron chi connectivity index (χ2n) is 5.19. The lowest BCUT2D eigenvalue weighted by atomic mass is 10.4. The van der Waals surface area contributed by atoms with E-state index in [0.29, 0.717) is 19.1 Å². The fourth-order valence-corrected chi connectivity index (χ4v) is 7.64. The van der Waals surface area contributed by atoms with Crippen molar-refractivity contribution >= 4 is 17.1 Å². The molecule has 0 rings (SSSR count). The van der Waals surface area contributed by atoms with Crippen LogP contribution in [0.3, 0.4) is 0 Å². The molecule has 0 aromatic heterocycles. The third kappa shape index (κ3) is 7.59. The highest BCUT2D eigenvalue weighted by molar-refractivity contribution is 6.79. The molecular weight excluding hydrogens is 266 g/mol. The molecular formula is C10H29N3O3Si2. The van der Waals surface area contributed by atoms with Crippen LogP contribution in [0.25, 0.3) is 0 Å². The molecule has 1 atom stereocenters. The van der Waals surface area contributed by atoms with Crippen LogP contribution in [0, 0.1) is 0 Å². The highest BCUT2D eigenvalue weighted by Crippen LogP contribution is 2.21. The third-order valence-corrected chi connectivity index (χ3v) is 8.23. The lowest BCUT2D eigenvalue weighted by Crippen LogP contribution is -2.52. The van der Waals surface area contributed by atoms with Crippen LogP contribution >= 0.6 is 0 Å². The maximum Gasteiger partial charge on any atom is 0.490 e. The van der Waals surface area contributed by atoms with Crippen molar-refractivity contribution in [1.29, 1.82) is 0 Å². The second kappa shape index (κ2) is 8.38. The van der Waals surface area contributed by atoms with Crippen molar-refractivity contribution in [2.75, 3.05) is 27.3 Å². The van der Waals surface area contributed by atoms with Crippen molar-refractivity contribution in [2.45, 2.75) is 38.3 Å². The predicted octanol–water partition coefficient (Wildman–Crippen LogP) is 0.293. The second-order valence-corrected chi connectivity index (χ2v) is 12.9. The molecule has 0 saturated heterocycles. The van der Waals surface area contributed by atoms with E-state index in [-0.39, 0.29) is 6.17 Å². The van der Waals surface area contributed by atoms with Crippen LogP contribution < -0.4 is 16.8 Å². The average molecular weight is 296 g/mol. The zero-order valence-corrected chi connectivity index (χ0v) is 14.3. The summed E-state index contributed by atoms with van der Waals surface area (Å²) in [6.07, 6.45) is 0.647.